The lowest BCUT2D eigenvalue weighted by Gasteiger charge is -2.14. The number of ether oxygens (including phenoxy) is 1. The summed E-state index contributed by atoms with van der Waals surface area (Å²) >= 11 is 12.3. The SMILES string of the molecule is CCc1c(Cl)cc(NCOc2cccc(C)c2)c(O)c1Cl. The second-order valence-electron chi connectivity index (χ2n) is 4.68. The van der Waals surface area contributed by atoms with E-state index in [-0.39, 0.29) is 17.5 Å². The number of benzene rings is 2. The molecule has 2 rings (SSSR count). The van der Waals surface area contributed by atoms with Crippen LogP contribution in [-0.4, -0.2) is 11.8 Å². The number of phenolic OH excluding ortho intramolecular Hbond substituents is 1. The first-order valence-electron chi connectivity index (χ1n) is 6.66. The van der Waals surface area contributed by atoms with Crippen molar-refractivity contribution in [1.82, 2.24) is 0 Å². The van der Waals surface area contributed by atoms with E-state index in [0.717, 1.165) is 16.9 Å². The molecule has 0 aromatic heterocycles. The van der Waals surface area contributed by atoms with Gasteiger partial charge in [0.15, 0.2) is 12.5 Å². The summed E-state index contributed by atoms with van der Waals surface area (Å²) in [6.45, 7) is 4.13. The summed E-state index contributed by atoms with van der Waals surface area (Å²) in [5, 5.41) is 13.8. The molecule has 2 aromatic rings. The van der Waals surface area contributed by atoms with Gasteiger partial charge in [-0.2, -0.15) is 0 Å². The number of anilines is 1. The first-order chi connectivity index (χ1) is 10.0. The number of nitrogens with one attached hydrogen (secondary N) is 1. The lowest BCUT2D eigenvalue weighted by atomic mass is 10.1. The number of hydrogen-bond donors (Lipinski definition) is 2. The molecular formula is C16H17Cl2NO2. The minimum atomic E-state index is -0.00856. The molecule has 2 N–H and O–H groups in total. The average molecular weight is 326 g/mol. The fourth-order valence-electron chi connectivity index (χ4n) is 2.01. The largest absolute Gasteiger partial charge is 0.504 e. The molecule has 0 spiro atoms. The van der Waals surface area contributed by atoms with Crippen LogP contribution >= 0.6 is 23.2 Å². The van der Waals surface area contributed by atoms with E-state index in [0.29, 0.717) is 17.1 Å². The second-order valence-corrected chi connectivity index (χ2v) is 5.47. The van der Waals surface area contributed by atoms with Gasteiger partial charge in [0, 0.05) is 5.02 Å². The van der Waals surface area contributed by atoms with Gasteiger partial charge in [-0.1, -0.05) is 42.3 Å². The molecule has 3 nitrogen and oxygen atoms in total. The molecule has 0 saturated heterocycles. The van der Waals surface area contributed by atoms with Gasteiger partial charge >= 0.3 is 0 Å². The van der Waals surface area contributed by atoms with Crippen molar-refractivity contribution in [3.63, 3.8) is 0 Å². The van der Waals surface area contributed by atoms with Gasteiger partial charge in [0.25, 0.3) is 0 Å². The van der Waals surface area contributed by atoms with Gasteiger partial charge in [0.1, 0.15) is 5.75 Å². The highest BCUT2D eigenvalue weighted by atomic mass is 35.5. The summed E-state index contributed by atoms with van der Waals surface area (Å²) in [4.78, 5) is 0. The van der Waals surface area contributed by atoms with E-state index in [1.165, 1.54) is 0 Å². The molecule has 21 heavy (non-hydrogen) atoms. The van der Waals surface area contributed by atoms with E-state index in [4.69, 9.17) is 27.9 Å². The normalized spacial score (nSPS) is 10.5. The first kappa shape index (κ1) is 15.8. The molecule has 112 valence electrons. The zero-order valence-electron chi connectivity index (χ0n) is 11.9. The molecule has 2 aromatic carbocycles. The van der Waals surface area contributed by atoms with Gasteiger partial charge in [0.2, 0.25) is 0 Å². The monoisotopic (exact) mass is 325 g/mol. The zero-order valence-corrected chi connectivity index (χ0v) is 13.4. The van der Waals surface area contributed by atoms with Crippen LogP contribution in [0, 0.1) is 6.92 Å². The Morgan fingerprint density at radius 1 is 1.24 bits per heavy atom. The van der Waals surface area contributed by atoms with Crippen LogP contribution in [0.3, 0.4) is 0 Å². The fraction of sp³-hybridized carbons (Fsp3) is 0.250. The minimum Gasteiger partial charge on any atom is -0.504 e. The van der Waals surface area contributed by atoms with Crippen LogP contribution in [0.15, 0.2) is 30.3 Å². The molecule has 0 aliphatic heterocycles. The van der Waals surface area contributed by atoms with Gasteiger partial charge in [-0.3, -0.25) is 0 Å². The first-order valence-corrected chi connectivity index (χ1v) is 7.41. The van der Waals surface area contributed by atoms with Crippen molar-refractivity contribution < 1.29 is 9.84 Å². The van der Waals surface area contributed by atoms with Crippen molar-refractivity contribution >= 4 is 28.9 Å². The summed E-state index contributed by atoms with van der Waals surface area (Å²) in [6.07, 6.45) is 0.658. The van der Waals surface area contributed by atoms with Crippen LogP contribution < -0.4 is 10.1 Å². The third kappa shape index (κ3) is 3.74. The average Bonchev–Trinajstić information content (AvgIpc) is 2.45. The molecule has 0 radical (unpaired) electrons. The van der Waals surface area contributed by atoms with Crippen molar-refractivity contribution in [2.24, 2.45) is 0 Å². The Hall–Kier alpha value is -1.58. The van der Waals surface area contributed by atoms with Crippen molar-refractivity contribution in [3.05, 3.63) is 51.5 Å². The molecule has 0 heterocycles. The smallest absolute Gasteiger partial charge is 0.159 e. The Morgan fingerprint density at radius 2 is 2.00 bits per heavy atom. The fourth-order valence-corrected chi connectivity index (χ4v) is 2.73. The Labute approximate surface area is 134 Å². The van der Waals surface area contributed by atoms with Gasteiger partial charge in [0.05, 0.1) is 10.7 Å². The molecule has 0 fully saturated rings. The number of hydrogen-bond acceptors (Lipinski definition) is 3. The maximum atomic E-state index is 10.1. The highest BCUT2D eigenvalue weighted by molar-refractivity contribution is 6.37. The molecule has 0 bridgehead atoms. The topological polar surface area (TPSA) is 41.5 Å². The van der Waals surface area contributed by atoms with Crippen LogP contribution in [0.1, 0.15) is 18.1 Å². The Balaban J connectivity index is 2.07. The molecule has 0 aliphatic rings. The Kier molecular flexibility index (Phi) is 5.21. The molecule has 5 heteroatoms. The van der Waals surface area contributed by atoms with E-state index in [1.807, 2.05) is 38.1 Å². The molecule has 0 unspecified atom stereocenters. The lowest BCUT2D eigenvalue weighted by molar-refractivity contribution is 0.345. The third-order valence-electron chi connectivity index (χ3n) is 3.13. The van der Waals surface area contributed by atoms with E-state index in [2.05, 4.69) is 5.32 Å². The van der Waals surface area contributed by atoms with E-state index >= 15 is 0 Å². The summed E-state index contributed by atoms with van der Waals surface area (Å²) < 4.78 is 5.57. The molecular weight excluding hydrogens is 309 g/mol. The second kappa shape index (κ2) is 6.92. The number of phenols is 1. The summed E-state index contributed by atoms with van der Waals surface area (Å²) in [5.74, 6) is 0.745. The van der Waals surface area contributed by atoms with Crippen LogP contribution in [0.2, 0.25) is 10.0 Å². The van der Waals surface area contributed by atoms with Crippen LogP contribution in [-0.2, 0) is 6.42 Å². The predicted molar refractivity (Wildman–Crippen MR) is 87.8 cm³/mol. The highest BCUT2D eigenvalue weighted by Crippen LogP contribution is 2.39. The lowest BCUT2D eigenvalue weighted by Crippen LogP contribution is -2.09. The number of aryl methyl sites for hydroxylation is 1. The summed E-state index contributed by atoms with van der Waals surface area (Å²) in [5.41, 5.74) is 2.31. The van der Waals surface area contributed by atoms with Gasteiger partial charge in [-0.05, 0) is 42.7 Å². The quantitative estimate of drug-likeness (QED) is 0.599. The zero-order chi connectivity index (χ0) is 15.4. The third-order valence-corrected chi connectivity index (χ3v) is 3.88. The number of aromatic hydroxyl groups is 1. The number of halogens is 2. The molecule has 0 amide bonds. The Morgan fingerprint density at radius 3 is 2.67 bits per heavy atom. The standard InChI is InChI=1S/C16H17Cl2NO2/c1-3-12-13(17)8-14(16(20)15(12)18)19-9-21-11-6-4-5-10(2)7-11/h4-8,19-20H,3,9H2,1-2H3. The van der Waals surface area contributed by atoms with Crippen molar-refractivity contribution in [2.45, 2.75) is 20.3 Å². The predicted octanol–water partition coefficient (Wildman–Crippen LogP) is 5.02. The minimum absolute atomic E-state index is 0.00856. The maximum Gasteiger partial charge on any atom is 0.159 e. The maximum absolute atomic E-state index is 10.1. The van der Waals surface area contributed by atoms with Gasteiger partial charge in [-0.15, -0.1) is 0 Å². The van der Waals surface area contributed by atoms with Gasteiger partial charge in [-0.25, -0.2) is 0 Å². The van der Waals surface area contributed by atoms with E-state index in [1.54, 1.807) is 6.07 Å². The van der Waals surface area contributed by atoms with Gasteiger partial charge < -0.3 is 15.2 Å². The molecule has 0 saturated carbocycles. The van der Waals surface area contributed by atoms with E-state index in [9.17, 15) is 5.11 Å². The summed E-state index contributed by atoms with van der Waals surface area (Å²) in [7, 11) is 0. The van der Waals surface area contributed by atoms with E-state index < -0.39 is 0 Å². The highest BCUT2D eigenvalue weighted by Gasteiger charge is 2.14. The van der Waals surface area contributed by atoms with Crippen molar-refractivity contribution in [2.75, 3.05) is 12.0 Å². The number of rotatable bonds is 5. The van der Waals surface area contributed by atoms with Crippen LogP contribution in [0.4, 0.5) is 5.69 Å². The molecule has 0 aliphatic carbocycles. The van der Waals surface area contributed by atoms with Crippen molar-refractivity contribution in [1.29, 1.82) is 0 Å². The summed E-state index contributed by atoms with van der Waals surface area (Å²) in [6, 6.07) is 9.37. The molecule has 0 atom stereocenters. The van der Waals surface area contributed by atoms with Crippen LogP contribution in [0.5, 0.6) is 11.5 Å². The van der Waals surface area contributed by atoms with Crippen molar-refractivity contribution in [3.8, 4) is 11.5 Å². The Bertz CT molecular complexity index is 644. The van der Waals surface area contributed by atoms with Crippen LogP contribution in [0.25, 0.3) is 0 Å².